The van der Waals surface area contributed by atoms with Gasteiger partial charge in [0.15, 0.2) is 0 Å². The van der Waals surface area contributed by atoms with E-state index in [4.69, 9.17) is 4.74 Å². The molecule has 1 aliphatic carbocycles. The minimum Gasteiger partial charge on any atom is -0.493 e. The highest BCUT2D eigenvalue weighted by Gasteiger charge is 2.36. The average molecular weight is 486 g/mol. The smallest absolute Gasteiger partial charge is 0.223 e. The normalized spacial score (nSPS) is 26.4. The Morgan fingerprint density at radius 1 is 1.06 bits per heavy atom. The van der Waals surface area contributed by atoms with Gasteiger partial charge in [0.2, 0.25) is 5.91 Å². The third-order valence-corrected chi connectivity index (χ3v) is 9.09. The molecule has 2 aromatic carbocycles. The summed E-state index contributed by atoms with van der Waals surface area (Å²) >= 11 is 0. The fourth-order valence-corrected chi connectivity index (χ4v) is 7.07. The molecule has 6 rings (SSSR count). The molecule has 0 bridgehead atoms. The Morgan fingerprint density at radius 2 is 1.86 bits per heavy atom. The van der Waals surface area contributed by atoms with Gasteiger partial charge in [0.25, 0.3) is 0 Å². The molecule has 2 aliphatic heterocycles. The Balaban J connectivity index is 1.18. The molecular formula is C31H39N3O2. The third-order valence-electron chi connectivity index (χ3n) is 9.09. The van der Waals surface area contributed by atoms with Crippen molar-refractivity contribution in [1.29, 1.82) is 0 Å². The molecule has 2 fully saturated rings. The summed E-state index contributed by atoms with van der Waals surface area (Å²) < 4.78 is 6.24. The number of nitrogens with zero attached hydrogens (tertiary/aromatic N) is 2. The molecule has 1 saturated heterocycles. The predicted molar refractivity (Wildman–Crippen MR) is 144 cm³/mol. The number of ether oxygens (including phenoxy) is 1. The van der Waals surface area contributed by atoms with Crippen LogP contribution in [0.2, 0.25) is 0 Å². The number of carbonyl (C=O) groups excluding carboxylic acids is 1. The number of benzene rings is 2. The fourth-order valence-electron chi connectivity index (χ4n) is 7.07. The van der Waals surface area contributed by atoms with Gasteiger partial charge < -0.3 is 14.6 Å². The number of aryl methyl sites for hydroxylation is 1. The molecule has 1 amide bonds. The Hall–Kier alpha value is -2.82. The van der Waals surface area contributed by atoms with E-state index in [1.165, 1.54) is 55.2 Å². The van der Waals surface area contributed by atoms with Crippen LogP contribution in [0.5, 0.6) is 5.75 Å². The van der Waals surface area contributed by atoms with Crippen LogP contribution >= 0.6 is 0 Å². The fraction of sp³-hybridized carbons (Fsp3) is 0.548. The summed E-state index contributed by atoms with van der Waals surface area (Å²) in [5.41, 5.74) is 5.70. The van der Waals surface area contributed by atoms with Gasteiger partial charge in [-0.2, -0.15) is 0 Å². The standard InChI is InChI=1S/C31H39N3O2/c1-20-16-26-17-24(25-9-11-27-28(18-25)33-21(2)32-27)10-12-30(26)36-15-13-23(20)19-31(35)34-14-5-7-22-6-3-4-8-29(22)34/h9-12,17-18,20,22-23,29H,3-8,13-16,19H2,1-2H3,(H,32,33). The molecule has 0 radical (unpaired) electrons. The van der Waals surface area contributed by atoms with Crippen molar-refractivity contribution in [2.45, 2.75) is 77.7 Å². The van der Waals surface area contributed by atoms with Crippen molar-refractivity contribution < 1.29 is 9.53 Å². The third kappa shape index (κ3) is 4.65. The Bertz CT molecular complexity index is 1250. The zero-order chi connectivity index (χ0) is 24.6. The van der Waals surface area contributed by atoms with E-state index in [9.17, 15) is 4.79 Å². The van der Waals surface area contributed by atoms with Crippen molar-refractivity contribution >= 4 is 16.9 Å². The minimum absolute atomic E-state index is 0.364. The summed E-state index contributed by atoms with van der Waals surface area (Å²) in [7, 11) is 0. The first-order valence-electron chi connectivity index (χ1n) is 14.1. The molecule has 36 heavy (non-hydrogen) atoms. The molecule has 4 unspecified atom stereocenters. The highest BCUT2D eigenvalue weighted by Crippen LogP contribution is 2.38. The van der Waals surface area contributed by atoms with E-state index in [0.717, 1.165) is 47.9 Å². The lowest BCUT2D eigenvalue weighted by Crippen LogP contribution is -2.50. The number of aromatic amines is 1. The highest BCUT2D eigenvalue weighted by atomic mass is 16.5. The van der Waals surface area contributed by atoms with E-state index < -0.39 is 0 Å². The molecule has 1 saturated carbocycles. The van der Waals surface area contributed by atoms with Crippen molar-refractivity contribution in [3.63, 3.8) is 0 Å². The van der Waals surface area contributed by atoms with Gasteiger partial charge in [0.1, 0.15) is 11.6 Å². The summed E-state index contributed by atoms with van der Waals surface area (Å²) in [5, 5.41) is 0. The van der Waals surface area contributed by atoms with Gasteiger partial charge in [-0.3, -0.25) is 4.79 Å². The van der Waals surface area contributed by atoms with Crippen molar-refractivity contribution in [1.82, 2.24) is 14.9 Å². The zero-order valence-corrected chi connectivity index (χ0v) is 21.8. The SMILES string of the molecule is Cc1nc2ccc(-c3ccc4c(c3)CC(C)C(CC(=O)N3CCCC5CCCCC53)CCO4)cc2[nH]1. The molecule has 3 heterocycles. The predicted octanol–water partition coefficient (Wildman–Crippen LogP) is 6.69. The summed E-state index contributed by atoms with van der Waals surface area (Å²) in [5.74, 6) is 3.87. The van der Waals surface area contributed by atoms with Crippen LogP contribution < -0.4 is 4.74 Å². The van der Waals surface area contributed by atoms with Gasteiger partial charge in [0.05, 0.1) is 17.6 Å². The summed E-state index contributed by atoms with van der Waals surface area (Å²) in [6.07, 6.45) is 10.2. The van der Waals surface area contributed by atoms with Crippen LogP contribution in [0.3, 0.4) is 0 Å². The zero-order valence-electron chi connectivity index (χ0n) is 21.8. The van der Waals surface area contributed by atoms with Gasteiger partial charge in [-0.15, -0.1) is 0 Å². The minimum atomic E-state index is 0.364. The number of carbonyl (C=O) groups is 1. The first-order valence-corrected chi connectivity index (χ1v) is 14.1. The maximum Gasteiger partial charge on any atom is 0.223 e. The van der Waals surface area contributed by atoms with E-state index >= 15 is 0 Å². The maximum atomic E-state index is 13.5. The van der Waals surface area contributed by atoms with Crippen LogP contribution in [0.25, 0.3) is 22.2 Å². The monoisotopic (exact) mass is 485 g/mol. The number of imidazole rings is 1. The van der Waals surface area contributed by atoms with Crippen LogP contribution in [0.1, 0.15) is 69.7 Å². The summed E-state index contributed by atoms with van der Waals surface area (Å²) in [6.45, 7) is 5.96. The lowest BCUT2D eigenvalue weighted by atomic mass is 9.77. The van der Waals surface area contributed by atoms with Gasteiger partial charge in [0, 0.05) is 19.0 Å². The van der Waals surface area contributed by atoms with Crippen molar-refractivity contribution in [2.24, 2.45) is 17.8 Å². The quantitative estimate of drug-likeness (QED) is 0.450. The van der Waals surface area contributed by atoms with Crippen LogP contribution in [0.15, 0.2) is 36.4 Å². The Labute approximate surface area is 214 Å². The van der Waals surface area contributed by atoms with Crippen molar-refractivity contribution in [2.75, 3.05) is 13.2 Å². The van der Waals surface area contributed by atoms with Crippen LogP contribution in [-0.4, -0.2) is 40.0 Å². The molecular weight excluding hydrogens is 446 g/mol. The van der Waals surface area contributed by atoms with Crippen LogP contribution in [0, 0.1) is 24.7 Å². The molecule has 1 aromatic heterocycles. The number of nitrogens with one attached hydrogen (secondary N) is 1. The topological polar surface area (TPSA) is 58.2 Å². The maximum absolute atomic E-state index is 13.5. The van der Waals surface area contributed by atoms with Gasteiger partial charge in [-0.05, 0) is 104 Å². The number of rotatable bonds is 3. The van der Waals surface area contributed by atoms with Gasteiger partial charge in [-0.25, -0.2) is 4.98 Å². The molecule has 0 spiro atoms. The second-order valence-corrected chi connectivity index (χ2v) is 11.5. The second kappa shape index (κ2) is 9.91. The van der Waals surface area contributed by atoms with Crippen LogP contribution in [0.4, 0.5) is 0 Å². The van der Waals surface area contributed by atoms with Gasteiger partial charge in [-0.1, -0.05) is 31.9 Å². The van der Waals surface area contributed by atoms with Crippen molar-refractivity contribution in [3.05, 3.63) is 47.8 Å². The number of fused-ring (bicyclic) bond motifs is 3. The largest absolute Gasteiger partial charge is 0.493 e. The molecule has 5 nitrogen and oxygen atoms in total. The van der Waals surface area contributed by atoms with Gasteiger partial charge >= 0.3 is 0 Å². The molecule has 3 aliphatic rings. The summed E-state index contributed by atoms with van der Waals surface area (Å²) in [6, 6.07) is 13.5. The van der Waals surface area contributed by atoms with Crippen molar-refractivity contribution in [3.8, 4) is 16.9 Å². The highest BCUT2D eigenvalue weighted by molar-refractivity contribution is 5.82. The number of likely N-dealkylation sites (tertiary alicyclic amines) is 1. The number of amides is 1. The number of H-pyrrole nitrogens is 1. The van der Waals surface area contributed by atoms with E-state index in [1.807, 2.05) is 6.92 Å². The molecule has 3 aromatic rings. The summed E-state index contributed by atoms with van der Waals surface area (Å²) in [4.78, 5) is 23.7. The Morgan fingerprint density at radius 3 is 2.78 bits per heavy atom. The van der Waals surface area contributed by atoms with Crippen LogP contribution in [-0.2, 0) is 11.2 Å². The van der Waals surface area contributed by atoms with E-state index in [-0.39, 0.29) is 0 Å². The number of aromatic nitrogens is 2. The first-order chi connectivity index (χ1) is 17.5. The van der Waals surface area contributed by atoms with E-state index in [0.29, 0.717) is 36.8 Å². The second-order valence-electron chi connectivity index (χ2n) is 11.5. The average Bonchev–Trinajstić information content (AvgIpc) is 3.26. The first kappa shape index (κ1) is 23.6. The number of hydrogen-bond donors (Lipinski definition) is 1. The number of piperidine rings is 1. The number of hydrogen-bond acceptors (Lipinski definition) is 3. The lowest BCUT2D eigenvalue weighted by molar-refractivity contribution is -0.139. The van der Waals surface area contributed by atoms with E-state index in [2.05, 4.69) is 58.2 Å². The van der Waals surface area contributed by atoms with E-state index in [1.54, 1.807) is 0 Å². The Kier molecular flexibility index (Phi) is 6.49. The molecule has 190 valence electrons. The molecule has 4 atom stereocenters. The molecule has 1 N–H and O–H groups in total. The lowest BCUT2D eigenvalue weighted by Gasteiger charge is -2.44. The molecule has 5 heteroatoms.